The summed E-state index contributed by atoms with van der Waals surface area (Å²) in [5.74, 6) is 0. The summed E-state index contributed by atoms with van der Waals surface area (Å²) in [5.41, 5.74) is 20.7. The number of para-hydroxylation sites is 4. The molecule has 0 spiro atoms. The minimum absolute atomic E-state index is 0. The summed E-state index contributed by atoms with van der Waals surface area (Å²) in [4.78, 5) is 2.28. The Labute approximate surface area is 464 Å². The lowest BCUT2D eigenvalue weighted by Crippen LogP contribution is -2.28. The third-order valence-corrected chi connectivity index (χ3v) is 16.6. The van der Waals surface area contributed by atoms with E-state index in [1.807, 2.05) is 12.1 Å². The number of hydrogen-bond donors (Lipinski definition) is 0. The topological polar surface area (TPSA) is 29.5 Å². The lowest BCUT2D eigenvalue weighted by atomic mass is 9.67. The normalized spacial score (nSPS) is 13.2. The van der Waals surface area contributed by atoms with Crippen molar-refractivity contribution < 1.29 is 8.83 Å². The second-order valence-corrected chi connectivity index (χ2v) is 20.7. The minimum Gasteiger partial charge on any atom is -0.456 e. The van der Waals surface area contributed by atoms with Crippen molar-refractivity contribution in [3.63, 3.8) is 0 Å². The lowest BCUT2D eigenvalue weighted by molar-refractivity contribution is 0.648. The van der Waals surface area contributed by atoms with Gasteiger partial charge in [0.1, 0.15) is 22.3 Å². The molecule has 0 atom stereocenters. The number of benzene rings is 12. The molecule has 2 aromatic heterocycles. The van der Waals surface area contributed by atoms with Crippen molar-refractivity contribution in [1.29, 1.82) is 0 Å². The molecule has 0 bridgehead atoms. The van der Waals surface area contributed by atoms with Crippen molar-refractivity contribution in [3.8, 4) is 22.3 Å². The van der Waals surface area contributed by atoms with Gasteiger partial charge in [-0.3, -0.25) is 0 Å². The number of rotatable bonds is 7. The lowest BCUT2D eigenvalue weighted by Gasteiger charge is -2.33. The van der Waals surface area contributed by atoms with Crippen LogP contribution < -0.4 is 4.90 Å². The van der Waals surface area contributed by atoms with E-state index in [4.69, 9.17) is 20.4 Å². The van der Waals surface area contributed by atoms with Gasteiger partial charge < -0.3 is 13.7 Å². The average molecular weight is 1030 g/mol. The maximum Gasteiger partial charge on any atom is 0.140 e. The van der Waals surface area contributed by atoms with Crippen molar-refractivity contribution >= 4 is 72.5 Å². The van der Waals surface area contributed by atoms with Crippen LogP contribution in [0.3, 0.4) is 0 Å². The van der Waals surface area contributed by atoms with Crippen molar-refractivity contribution in [2.75, 3.05) is 4.90 Å². The van der Waals surface area contributed by atoms with E-state index >= 15 is 0 Å². The average Bonchev–Trinajstić information content (AvgIpc) is 2.93. The smallest absolute Gasteiger partial charge is 0.140 e. The molecule has 0 saturated carbocycles. The molecule has 0 amide bonds. The van der Waals surface area contributed by atoms with Gasteiger partial charge >= 0.3 is 0 Å². The van der Waals surface area contributed by atoms with Gasteiger partial charge in [0.05, 0.1) is 10.8 Å². The minimum atomic E-state index is -0.523. The molecule has 16 rings (SSSR count). The van der Waals surface area contributed by atoms with Gasteiger partial charge in [0.15, 0.2) is 0 Å². The van der Waals surface area contributed by atoms with Crippen molar-refractivity contribution in [1.82, 2.24) is 0 Å². The zero-order chi connectivity index (χ0) is 51.8. The Hall–Kier alpha value is -9.67. The van der Waals surface area contributed by atoms with Crippen LogP contribution in [0.2, 0.25) is 5.02 Å². The highest BCUT2D eigenvalue weighted by atomic mass is 35.5. The van der Waals surface area contributed by atoms with Crippen LogP contribution >= 0.6 is 11.6 Å². The highest BCUT2D eigenvalue weighted by Crippen LogP contribution is 2.59. The van der Waals surface area contributed by atoms with Crippen LogP contribution in [0.1, 0.15) is 51.9 Å². The molecule has 0 aliphatic heterocycles. The molecule has 3 nitrogen and oxygen atoms in total. The van der Waals surface area contributed by atoms with Crippen LogP contribution in [-0.2, 0) is 10.8 Å². The summed E-state index contributed by atoms with van der Waals surface area (Å²) in [6, 6.07) is 104. The zero-order valence-electron chi connectivity index (χ0n) is 42.4. The van der Waals surface area contributed by atoms with Crippen molar-refractivity contribution in [2.45, 2.75) is 18.3 Å². The molecule has 0 saturated heterocycles. The summed E-state index contributed by atoms with van der Waals surface area (Å²) >= 11 is 6.31. The molecule has 0 radical (unpaired) electrons. The van der Waals surface area contributed by atoms with E-state index in [9.17, 15) is 0 Å². The molecular formula is C75H52ClNO2. The second-order valence-electron chi connectivity index (χ2n) is 20.3. The fraction of sp³-hybridized carbons (Fsp3) is 0.0400. The highest BCUT2D eigenvalue weighted by Gasteiger charge is 2.49. The molecule has 2 aliphatic carbocycles. The van der Waals surface area contributed by atoms with Gasteiger partial charge in [-0.2, -0.15) is 0 Å². The third kappa shape index (κ3) is 7.20. The summed E-state index contributed by atoms with van der Waals surface area (Å²) < 4.78 is 13.6. The van der Waals surface area contributed by atoms with Gasteiger partial charge in [-0.15, -0.1) is 0 Å². The van der Waals surface area contributed by atoms with Gasteiger partial charge in [0.2, 0.25) is 0 Å². The van der Waals surface area contributed by atoms with Gasteiger partial charge in [0, 0.05) is 66.9 Å². The molecule has 2 aliphatic rings. The van der Waals surface area contributed by atoms with E-state index in [0.29, 0.717) is 5.02 Å². The molecular weight excluding hydrogens is 982 g/mol. The Morgan fingerprint density at radius 3 is 1.04 bits per heavy atom. The number of halogens is 1. The predicted octanol–water partition coefficient (Wildman–Crippen LogP) is 20.7. The molecule has 0 fully saturated rings. The van der Waals surface area contributed by atoms with E-state index in [0.717, 1.165) is 72.1 Å². The zero-order valence-corrected chi connectivity index (χ0v) is 43.1. The van der Waals surface area contributed by atoms with Crippen molar-refractivity contribution in [3.05, 3.63) is 341 Å². The van der Waals surface area contributed by atoms with Gasteiger partial charge in [-0.05, 0) is 104 Å². The fourth-order valence-electron chi connectivity index (χ4n) is 13.2. The van der Waals surface area contributed by atoms with Crippen LogP contribution in [0.25, 0.3) is 66.1 Å². The van der Waals surface area contributed by atoms with Gasteiger partial charge in [-0.25, -0.2) is 0 Å². The Bertz CT molecular complexity index is 4450. The highest BCUT2D eigenvalue weighted by molar-refractivity contribution is 6.31. The first-order chi connectivity index (χ1) is 38.6. The molecule has 4 heteroatoms. The van der Waals surface area contributed by atoms with Crippen molar-refractivity contribution in [2.24, 2.45) is 0 Å². The first kappa shape index (κ1) is 47.8. The monoisotopic (exact) mass is 1030 g/mol. The number of furan rings is 2. The Balaban J connectivity index is 0.000000148. The van der Waals surface area contributed by atoms with E-state index in [1.54, 1.807) is 0 Å². The maximum atomic E-state index is 7.01. The Morgan fingerprint density at radius 1 is 0.278 bits per heavy atom. The summed E-state index contributed by atoms with van der Waals surface area (Å²) in [7, 11) is 0. The number of fused-ring (bicyclic) bond motifs is 12. The quantitative estimate of drug-likeness (QED) is 0.159. The van der Waals surface area contributed by atoms with E-state index in [1.165, 1.54) is 55.6 Å². The van der Waals surface area contributed by atoms with E-state index in [2.05, 4.69) is 284 Å². The molecule has 79 heavy (non-hydrogen) atoms. The SMILES string of the molecule is C.Clc1ccc2c(c1)oc1c(C3(c4ccccc4)c4ccccc4-c4ccccc43)cccc12.c1ccc(N(c2ccccc2)c2ccc3c(c2)oc2c(C4(c5ccccc5)c5ccccc5-c5ccccc54)cccc23)cc1. The molecule has 14 aromatic rings. The Morgan fingerprint density at radius 2 is 0.620 bits per heavy atom. The summed E-state index contributed by atoms with van der Waals surface area (Å²) in [5, 5.41) is 5.10. The Kier molecular flexibility index (Phi) is 11.5. The summed E-state index contributed by atoms with van der Waals surface area (Å²) in [6.45, 7) is 0. The number of nitrogens with zero attached hydrogens (tertiary/aromatic N) is 1. The third-order valence-electron chi connectivity index (χ3n) is 16.4. The largest absolute Gasteiger partial charge is 0.456 e. The summed E-state index contributed by atoms with van der Waals surface area (Å²) in [6.07, 6.45) is 0. The predicted molar refractivity (Wildman–Crippen MR) is 328 cm³/mol. The van der Waals surface area contributed by atoms with Crippen LogP contribution in [-0.4, -0.2) is 0 Å². The second kappa shape index (κ2) is 19.1. The van der Waals surface area contributed by atoms with Crippen LogP contribution in [0.15, 0.2) is 300 Å². The standard InChI is InChI=1S/C43H29NO.C31H19ClO.CH4/c1-4-15-30(16-5-1)43(38-24-12-10-21-34(38)35-22-11-13-25-39(35)43)40-26-14-23-37-36-28-27-33(29-41(36)45-42(37)40)44(31-17-6-2-7-18-31)32-19-8-3-9-20-32;32-21-17-18-24-25-13-8-16-28(30(25)33-29(24)19-21)31(20-9-2-1-3-10-20)26-14-6-4-11-22(26)23-12-5-7-15-27(23)31;/h1-29H;1-19H;1H4. The van der Waals surface area contributed by atoms with Crippen LogP contribution in [0, 0.1) is 0 Å². The molecule has 12 aromatic carbocycles. The van der Waals surface area contributed by atoms with E-state index in [-0.39, 0.29) is 7.43 Å². The van der Waals surface area contributed by atoms with Crippen LogP contribution in [0.5, 0.6) is 0 Å². The molecule has 0 unspecified atom stereocenters. The van der Waals surface area contributed by atoms with E-state index < -0.39 is 10.8 Å². The first-order valence-corrected chi connectivity index (χ1v) is 27.0. The number of hydrogen-bond acceptors (Lipinski definition) is 3. The molecule has 2 heterocycles. The fourth-order valence-corrected chi connectivity index (χ4v) is 13.4. The molecule has 376 valence electrons. The number of anilines is 3. The molecule has 0 N–H and O–H groups in total. The van der Waals surface area contributed by atoms with Gasteiger partial charge in [0.25, 0.3) is 0 Å². The van der Waals surface area contributed by atoms with Gasteiger partial charge in [-0.1, -0.05) is 250 Å². The first-order valence-electron chi connectivity index (χ1n) is 26.6. The maximum absolute atomic E-state index is 7.01. The van der Waals surface area contributed by atoms with Crippen LogP contribution in [0.4, 0.5) is 17.1 Å².